The van der Waals surface area contributed by atoms with Gasteiger partial charge in [-0.3, -0.25) is 9.59 Å². The van der Waals surface area contributed by atoms with Gasteiger partial charge >= 0.3 is 0 Å². The Morgan fingerprint density at radius 2 is 2.10 bits per heavy atom. The molecule has 1 heterocycles. The highest BCUT2D eigenvalue weighted by Crippen LogP contribution is 2.17. The van der Waals surface area contributed by atoms with Crippen LogP contribution in [0, 0.1) is 0 Å². The number of thioether (sulfide) groups is 1. The monoisotopic (exact) mass is 307 g/mol. The third-order valence-electron chi connectivity index (χ3n) is 3.37. The van der Waals surface area contributed by atoms with E-state index in [4.69, 9.17) is 5.73 Å². The molecule has 0 spiro atoms. The number of anilines is 1. The number of rotatable bonds is 6. The van der Waals surface area contributed by atoms with Crippen molar-refractivity contribution in [2.75, 3.05) is 29.5 Å². The zero-order chi connectivity index (χ0) is 15.1. The minimum absolute atomic E-state index is 0.0300. The normalized spacial score (nSPS) is 18.2. The number of nitrogens with zero attached hydrogens (tertiary/aromatic N) is 1. The number of nitrogens with one attached hydrogen (secondary N) is 1. The van der Waals surface area contributed by atoms with Gasteiger partial charge in [0.2, 0.25) is 11.8 Å². The van der Waals surface area contributed by atoms with E-state index < -0.39 is 5.91 Å². The van der Waals surface area contributed by atoms with Crippen LogP contribution in [-0.4, -0.2) is 42.5 Å². The lowest BCUT2D eigenvalue weighted by Gasteiger charge is -2.27. The SMILES string of the molecule is NC(=O)CCN(C(=O)CC1CSCCN1)c1ccccc1. The Bertz CT molecular complexity index is 475. The standard InChI is InChI=1S/C15H21N3O2S/c16-14(19)6-8-18(13-4-2-1-3-5-13)15(20)10-12-11-21-9-7-17-12/h1-5,12,17H,6-11H2,(H2,16,19). The first kappa shape index (κ1) is 15.9. The van der Waals surface area contributed by atoms with E-state index in [1.807, 2.05) is 42.1 Å². The molecule has 1 aliphatic rings. The van der Waals surface area contributed by atoms with Crippen LogP contribution in [0.4, 0.5) is 5.69 Å². The molecule has 1 aliphatic heterocycles. The van der Waals surface area contributed by atoms with Crippen LogP contribution in [0.3, 0.4) is 0 Å². The number of nitrogens with two attached hydrogens (primary N) is 1. The average molecular weight is 307 g/mol. The molecule has 1 aromatic rings. The quantitative estimate of drug-likeness (QED) is 0.822. The van der Waals surface area contributed by atoms with Crippen molar-refractivity contribution in [1.29, 1.82) is 0 Å². The third kappa shape index (κ3) is 5.06. The molecular weight excluding hydrogens is 286 g/mol. The lowest BCUT2D eigenvalue weighted by molar-refractivity contribution is -0.119. The summed E-state index contributed by atoms with van der Waals surface area (Å²) in [4.78, 5) is 25.2. The van der Waals surface area contributed by atoms with Gasteiger partial charge in [0.25, 0.3) is 0 Å². The van der Waals surface area contributed by atoms with Crippen LogP contribution in [0.2, 0.25) is 0 Å². The third-order valence-corrected chi connectivity index (χ3v) is 4.50. The number of benzene rings is 1. The van der Waals surface area contributed by atoms with E-state index in [-0.39, 0.29) is 18.4 Å². The molecule has 1 saturated heterocycles. The molecule has 1 atom stereocenters. The molecule has 0 radical (unpaired) electrons. The largest absolute Gasteiger partial charge is 0.370 e. The van der Waals surface area contributed by atoms with Crippen molar-refractivity contribution in [1.82, 2.24) is 5.32 Å². The maximum Gasteiger partial charge on any atom is 0.228 e. The summed E-state index contributed by atoms with van der Waals surface area (Å²) in [6.07, 6.45) is 0.619. The second-order valence-corrected chi connectivity index (χ2v) is 6.18. The van der Waals surface area contributed by atoms with Crippen molar-refractivity contribution in [2.45, 2.75) is 18.9 Å². The number of carbonyl (C=O) groups is 2. The van der Waals surface area contributed by atoms with Gasteiger partial charge in [-0.1, -0.05) is 18.2 Å². The molecule has 5 nitrogen and oxygen atoms in total. The molecule has 3 N–H and O–H groups in total. The van der Waals surface area contributed by atoms with E-state index in [0.717, 1.165) is 23.7 Å². The lowest BCUT2D eigenvalue weighted by atomic mass is 10.1. The average Bonchev–Trinajstić information content (AvgIpc) is 2.49. The van der Waals surface area contributed by atoms with E-state index in [2.05, 4.69) is 5.32 Å². The number of hydrogen-bond donors (Lipinski definition) is 2. The number of primary amides is 1. The van der Waals surface area contributed by atoms with E-state index in [1.54, 1.807) is 4.90 Å². The maximum absolute atomic E-state index is 12.5. The Labute approximate surface area is 129 Å². The Morgan fingerprint density at radius 1 is 1.33 bits per heavy atom. The van der Waals surface area contributed by atoms with Crippen molar-refractivity contribution in [3.8, 4) is 0 Å². The van der Waals surface area contributed by atoms with Gasteiger partial charge in [-0.15, -0.1) is 0 Å². The molecule has 2 rings (SSSR count). The van der Waals surface area contributed by atoms with E-state index in [0.29, 0.717) is 13.0 Å². The fourth-order valence-corrected chi connectivity index (χ4v) is 3.25. The highest BCUT2D eigenvalue weighted by Gasteiger charge is 2.22. The van der Waals surface area contributed by atoms with E-state index in [9.17, 15) is 9.59 Å². The molecule has 2 amide bonds. The second-order valence-electron chi connectivity index (χ2n) is 5.03. The van der Waals surface area contributed by atoms with Crippen LogP contribution >= 0.6 is 11.8 Å². The smallest absolute Gasteiger partial charge is 0.228 e. The van der Waals surface area contributed by atoms with Gasteiger partial charge in [-0.05, 0) is 12.1 Å². The topological polar surface area (TPSA) is 75.4 Å². The van der Waals surface area contributed by atoms with Gasteiger partial charge in [0.15, 0.2) is 0 Å². The summed E-state index contributed by atoms with van der Waals surface area (Å²) >= 11 is 1.86. The van der Waals surface area contributed by atoms with Gasteiger partial charge in [0.05, 0.1) is 0 Å². The van der Waals surface area contributed by atoms with Crippen LogP contribution in [0.15, 0.2) is 30.3 Å². The van der Waals surface area contributed by atoms with Crippen molar-refractivity contribution in [3.63, 3.8) is 0 Å². The maximum atomic E-state index is 12.5. The summed E-state index contributed by atoms with van der Waals surface area (Å²) in [7, 11) is 0. The highest BCUT2D eigenvalue weighted by molar-refractivity contribution is 7.99. The summed E-state index contributed by atoms with van der Waals surface area (Å²) in [5.74, 6) is 1.68. The zero-order valence-electron chi connectivity index (χ0n) is 12.0. The van der Waals surface area contributed by atoms with E-state index >= 15 is 0 Å². The molecule has 0 saturated carbocycles. The molecule has 1 fully saturated rings. The minimum atomic E-state index is -0.393. The molecule has 0 aliphatic carbocycles. The molecular formula is C15H21N3O2S. The summed E-state index contributed by atoms with van der Waals surface area (Å²) < 4.78 is 0. The zero-order valence-corrected chi connectivity index (χ0v) is 12.8. The Morgan fingerprint density at radius 3 is 2.71 bits per heavy atom. The van der Waals surface area contributed by atoms with Crippen molar-refractivity contribution in [2.24, 2.45) is 5.73 Å². The molecule has 1 unspecified atom stereocenters. The summed E-state index contributed by atoms with van der Waals surface area (Å²) in [5, 5.41) is 3.36. The first-order valence-electron chi connectivity index (χ1n) is 7.11. The Balaban J connectivity index is 2.02. The van der Waals surface area contributed by atoms with Crippen molar-refractivity contribution >= 4 is 29.3 Å². The second kappa shape index (κ2) is 8.05. The van der Waals surface area contributed by atoms with Gasteiger partial charge in [-0.2, -0.15) is 11.8 Å². The molecule has 21 heavy (non-hydrogen) atoms. The van der Waals surface area contributed by atoms with Gasteiger partial charge < -0.3 is 16.0 Å². The summed E-state index contributed by atoms with van der Waals surface area (Å²) in [5.41, 5.74) is 6.02. The van der Waals surface area contributed by atoms with Crippen molar-refractivity contribution < 1.29 is 9.59 Å². The van der Waals surface area contributed by atoms with Crippen LogP contribution in [0.1, 0.15) is 12.8 Å². The van der Waals surface area contributed by atoms with Crippen LogP contribution in [0.5, 0.6) is 0 Å². The lowest BCUT2D eigenvalue weighted by Crippen LogP contribution is -2.43. The van der Waals surface area contributed by atoms with Gasteiger partial charge in [0.1, 0.15) is 0 Å². The summed E-state index contributed by atoms with van der Waals surface area (Å²) in [6.45, 7) is 1.27. The molecule has 0 bridgehead atoms. The first-order chi connectivity index (χ1) is 10.2. The fourth-order valence-electron chi connectivity index (χ4n) is 2.30. The van der Waals surface area contributed by atoms with Crippen LogP contribution in [0.25, 0.3) is 0 Å². The molecule has 6 heteroatoms. The van der Waals surface area contributed by atoms with Crippen LogP contribution in [-0.2, 0) is 9.59 Å². The molecule has 1 aromatic carbocycles. The first-order valence-corrected chi connectivity index (χ1v) is 8.27. The predicted molar refractivity (Wildman–Crippen MR) is 86.3 cm³/mol. The number of amides is 2. The Kier molecular flexibility index (Phi) is 6.07. The number of para-hydroxylation sites is 1. The van der Waals surface area contributed by atoms with Crippen LogP contribution < -0.4 is 16.0 Å². The minimum Gasteiger partial charge on any atom is -0.370 e. The molecule has 114 valence electrons. The van der Waals surface area contributed by atoms with E-state index in [1.165, 1.54) is 0 Å². The summed E-state index contributed by atoms with van der Waals surface area (Å²) in [6, 6.07) is 9.63. The number of carbonyl (C=O) groups excluding carboxylic acids is 2. The van der Waals surface area contributed by atoms with Gasteiger partial charge in [0, 0.05) is 49.2 Å². The highest BCUT2D eigenvalue weighted by atomic mass is 32.2. The predicted octanol–water partition coefficient (Wildman–Crippen LogP) is 0.990. The number of hydrogen-bond acceptors (Lipinski definition) is 4. The van der Waals surface area contributed by atoms with Crippen molar-refractivity contribution in [3.05, 3.63) is 30.3 Å². The fraction of sp³-hybridized carbons (Fsp3) is 0.467. The van der Waals surface area contributed by atoms with Gasteiger partial charge in [-0.25, -0.2) is 0 Å². The molecule has 0 aromatic heterocycles. The Hall–Kier alpha value is -1.53.